The predicted molar refractivity (Wildman–Crippen MR) is 114 cm³/mol. The van der Waals surface area contributed by atoms with Crippen molar-refractivity contribution >= 4 is 23.2 Å². The Bertz CT molecular complexity index is 813. The highest BCUT2D eigenvalue weighted by molar-refractivity contribution is 5.95. The second-order valence-electron chi connectivity index (χ2n) is 7.09. The number of hydrogen-bond acceptors (Lipinski definition) is 3. The fraction of sp³-hybridized carbons (Fsp3) is 0.391. The quantitative estimate of drug-likeness (QED) is 0.718. The molecule has 2 aromatic rings. The fourth-order valence-corrected chi connectivity index (χ4v) is 3.06. The van der Waals surface area contributed by atoms with Crippen LogP contribution in [0.15, 0.2) is 42.5 Å². The molecule has 5 heteroatoms. The number of ether oxygens (including phenoxy) is 1. The lowest BCUT2D eigenvalue weighted by Gasteiger charge is -2.22. The molecule has 150 valence electrons. The number of hydrogen-bond donors (Lipinski definition) is 1. The van der Waals surface area contributed by atoms with Crippen LogP contribution in [0.2, 0.25) is 0 Å². The smallest absolute Gasteiger partial charge is 0.226 e. The molecule has 0 saturated heterocycles. The molecule has 0 heterocycles. The van der Waals surface area contributed by atoms with E-state index >= 15 is 0 Å². The molecule has 2 aromatic carbocycles. The summed E-state index contributed by atoms with van der Waals surface area (Å²) in [5.74, 6) is 0.553. The van der Waals surface area contributed by atoms with Crippen LogP contribution in [0.3, 0.4) is 0 Å². The van der Waals surface area contributed by atoms with Gasteiger partial charge in [0.15, 0.2) is 0 Å². The molecule has 0 aliphatic rings. The Morgan fingerprint density at radius 2 is 1.79 bits per heavy atom. The molecule has 0 fully saturated rings. The van der Waals surface area contributed by atoms with Crippen molar-refractivity contribution in [2.24, 2.45) is 0 Å². The van der Waals surface area contributed by atoms with Gasteiger partial charge in [0.25, 0.3) is 0 Å². The molecular formula is C23H30N2O3. The Morgan fingerprint density at radius 1 is 1.11 bits per heavy atom. The van der Waals surface area contributed by atoms with Crippen molar-refractivity contribution in [3.8, 4) is 5.75 Å². The van der Waals surface area contributed by atoms with Crippen molar-refractivity contribution in [3.05, 3.63) is 53.6 Å². The Hall–Kier alpha value is -2.82. The first-order valence-electron chi connectivity index (χ1n) is 9.75. The van der Waals surface area contributed by atoms with Crippen LogP contribution in [-0.2, 0) is 16.0 Å². The van der Waals surface area contributed by atoms with E-state index in [1.807, 2.05) is 63.2 Å². The van der Waals surface area contributed by atoms with Crippen LogP contribution in [0, 0.1) is 6.92 Å². The largest absolute Gasteiger partial charge is 0.491 e. The van der Waals surface area contributed by atoms with Crippen LogP contribution in [-0.4, -0.2) is 24.5 Å². The third-order valence-corrected chi connectivity index (χ3v) is 4.47. The van der Waals surface area contributed by atoms with Crippen LogP contribution in [0.4, 0.5) is 11.4 Å². The number of nitrogens with zero attached hydrogens (tertiary/aromatic N) is 1. The van der Waals surface area contributed by atoms with Gasteiger partial charge >= 0.3 is 0 Å². The third kappa shape index (κ3) is 5.84. The maximum absolute atomic E-state index is 12.5. The molecule has 0 aromatic heterocycles. The molecule has 2 amide bonds. The third-order valence-electron chi connectivity index (χ3n) is 4.47. The number of nitrogens with one attached hydrogen (secondary N) is 1. The maximum atomic E-state index is 12.5. The summed E-state index contributed by atoms with van der Waals surface area (Å²) in [6.07, 6.45) is 1.16. The van der Waals surface area contributed by atoms with Gasteiger partial charge in [-0.05, 0) is 62.6 Å². The minimum Gasteiger partial charge on any atom is -0.491 e. The topological polar surface area (TPSA) is 58.6 Å². The summed E-state index contributed by atoms with van der Waals surface area (Å²) in [7, 11) is 0. The summed E-state index contributed by atoms with van der Waals surface area (Å²) >= 11 is 0. The molecular weight excluding hydrogens is 352 g/mol. The summed E-state index contributed by atoms with van der Waals surface area (Å²) in [6, 6.07) is 13.4. The van der Waals surface area contributed by atoms with Gasteiger partial charge in [-0.25, -0.2) is 0 Å². The lowest BCUT2D eigenvalue weighted by atomic mass is 10.1. The highest BCUT2D eigenvalue weighted by atomic mass is 16.5. The van der Waals surface area contributed by atoms with Gasteiger partial charge in [0.05, 0.1) is 6.10 Å². The van der Waals surface area contributed by atoms with Crippen molar-refractivity contribution < 1.29 is 14.3 Å². The first-order chi connectivity index (χ1) is 13.3. The molecule has 0 bridgehead atoms. The Labute approximate surface area is 167 Å². The zero-order chi connectivity index (χ0) is 20.7. The average Bonchev–Trinajstić information content (AvgIpc) is 2.64. The number of anilines is 2. The summed E-state index contributed by atoms with van der Waals surface area (Å²) in [6.45, 7) is 9.80. The van der Waals surface area contributed by atoms with Gasteiger partial charge in [0.2, 0.25) is 11.8 Å². The van der Waals surface area contributed by atoms with Gasteiger partial charge < -0.3 is 15.0 Å². The first kappa shape index (κ1) is 21.5. The van der Waals surface area contributed by atoms with E-state index in [0.717, 1.165) is 34.7 Å². The number of carbonyl (C=O) groups is 2. The SMILES string of the molecule is CCc1cccc(C)c1NC(=O)CCN(C(C)=O)c1ccc(OC(C)C)cc1. The lowest BCUT2D eigenvalue weighted by Crippen LogP contribution is -2.32. The van der Waals surface area contributed by atoms with E-state index in [2.05, 4.69) is 12.2 Å². The van der Waals surface area contributed by atoms with Crippen molar-refractivity contribution in [3.63, 3.8) is 0 Å². The number of para-hydroxylation sites is 1. The van der Waals surface area contributed by atoms with E-state index in [9.17, 15) is 9.59 Å². The number of rotatable bonds is 8. The zero-order valence-corrected chi connectivity index (χ0v) is 17.4. The van der Waals surface area contributed by atoms with Gasteiger partial charge in [0, 0.05) is 31.3 Å². The van der Waals surface area contributed by atoms with Gasteiger partial charge in [0.1, 0.15) is 5.75 Å². The molecule has 0 saturated carbocycles. The highest BCUT2D eigenvalue weighted by Crippen LogP contribution is 2.23. The minimum atomic E-state index is -0.102. The molecule has 28 heavy (non-hydrogen) atoms. The average molecular weight is 383 g/mol. The zero-order valence-electron chi connectivity index (χ0n) is 17.4. The molecule has 0 aliphatic carbocycles. The fourth-order valence-electron chi connectivity index (χ4n) is 3.06. The molecule has 0 atom stereocenters. The van der Waals surface area contributed by atoms with Crippen molar-refractivity contribution in [2.75, 3.05) is 16.8 Å². The summed E-state index contributed by atoms with van der Waals surface area (Å²) < 4.78 is 5.64. The highest BCUT2D eigenvalue weighted by Gasteiger charge is 2.15. The van der Waals surface area contributed by atoms with Crippen molar-refractivity contribution in [1.29, 1.82) is 0 Å². The minimum absolute atomic E-state index is 0.0907. The predicted octanol–water partition coefficient (Wildman–Crippen LogP) is 4.73. The molecule has 0 spiro atoms. The van der Waals surface area contributed by atoms with E-state index in [0.29, 0.717) is 6.54 Å². The van der Waals surface area contributed by atoms with E-state index in [1.165, 1.54) is 6.92 Å². The van der Waals surface area contributed by atoms with E-state index in [1.54, 1.807) is 4.90 Å². The van der Waals surface area contributed by atoms with E-state index in [4.69, 9.17) is 4.74 Å². The Kier molecular flexibility index (Phi) is 7.61. The van der Waals surface area contributed by atoms with E-state index < -0.39 is 0 Å². The molecule has 0 unspecified atom stereocenters. The number of benzene rings is 2. The van der Waals surface area contributed by atoms with Crippen molar-refractivity contribution in [1.82, 2.24) is 0 Å². The molecule has 5 nitrogen and oxygen atoms in total. The van der Waals surface area contributed by atoms with Crippen molar-refractivity contribution in [2.45, 2.75) is 53.6 Å². The van der Waals surface area contributed by atoms with Gasteiger partial charge in [-0.2, -0.15) is 0 Å². The summed E-state index contributed by atoms with van der Waals surface area (Å²) in [5, 5.41) is 3.01. The van der Waals surface area contributed by atoms with Gasteiger partial charge in [-0.3, -0.25) is 9.59 Å². The Morgan fingerprint density at radius 3 is 2.36 bits per heavy atom. The standard InChI is InChI=1S/C23H30N2O3/c1-6-19-9-7-8-17(4)23(19)24-22(27)14-15-25(18(5)26)20-10-12-21(13-11-20)28-16(2)3/h7-13,16H,6,14-15H2,1-5H3,(H,24,27). The number of amides is 2. The monoisotopic (exact) mass is 382 g/mol. The normalized spacial score (nSPS) is 10.6. The van der Waals surface area contributed by atoms with Crippen LogP contribution in [0.5, 0.6) is 5.75 Å². The summed E-state index contributed by atoms with van der Waals surface area (Å²) in [4.78, 5) is 26.2. The van der Waals surface area contributed by atoms with Gasteiger partial charge in [-0.15, -0.1) is 0 Å². The summed E-state index contributed by atoms with van der Waals surface area (Å²) in [5.41, 5.74) is 3.77. The van der Waals surface area contributed by atoms with Crippen LogP contribution in [0.1, 0.15) is 45.2 Å². The Balaban J connectivity index is 2.03. The second kappa shape index (κ2) is 9.93. The van der Waals surface area contributed by atoms with Gasteiger partial charge in [-0.1, -0.05) is 25.1 Å². The molecule has 0 radical (unpaired) electrons. The van der Waals surface area contributed by atoms with Crippen LogP contribution >= 0.6 is 0 Å². The first-order valence-corrected chi connectivity index (χ1v) is 9.75. The van der Waals surface area contributed by atoms with E-state index in [-0.39, 0.29) is 24.3 Å². The number of carbonyl (C=O) groups excluding carboxylic acids is 2. The molecule has 2 rings (SSSR count). The van der Waals surface area contributed by atoms with Crippen LogP contribution < -0.4 is 15.0 Å². The van der Waals surface area contributed by atoms with Crippen LogP contribution in [0.25, 0.3) is 0 Å². The number of aryl methyl sites for hydroxylation is 2. The second-order valence-corrected chi connectivity index (χ2v) is 7.09. The lowest BCUT2D eigenvalue weighted by molar-refractivity contribution is -0.117. The molecule has 0 aliphatic heterocycles. The molecule has 1 N–H and O–H groups in total. The maximum Gasteiger partial charge on any atom is 0.226 e.